The predicted octanol–water partition coefficient (Wildman–Crippen LogP) is 3.29. The predicted molar refractivity (Wildman–Crippen MR) is 115 cm³/mol. The van der Waals surface area contributed by atoms with Crippen molar-refractivity contribution in [2.24, 2.45) is 5.92 Å². The fraction of sp³-hybridized carbons (Fsp3) is 0.455. The normalized spacial score (nSPS) is 18.4. The number of furan rings is 1. The van der Waals surface area contributed by atoms with Gasteiger partial charge < -0.3 is 15.1 Å². The van der Waals surface area contributed by atoms with Gasteiger partial charge in [0.25, 0.3) is 15.9 Å². The van der Waals surface area contributed by atoms with Gasteiger partial charge in [-0.3, -0.25) is 9.59 Å². The molecular weight excluding hydrogens is 418 g/mol. The van der Waals surface area contributed by atoms with E-state index in [2.05, 4.69) is 10.6 Å². The van der Waals surface area contributed by atoms with Crippen molar-refractivity contribution in [2.75, 3.05) is 18.4 Å². The summed E-state index contributed by atoms with van der Waals surface area (Å²) in [6.45, 7) is 2.77. The number of sulfonamides is 1. The van der Waals surface area contributed by atoms with Gasteiger partial charge in [-0.05, 0) is 62.4 Å². The van der Waals surface area contributed by atoms with E-state index < -0.39 is 15.9 Å². The highest BCUT2D eigenvalue weighted by atomic mass is 32.2. The first-order valence-corrected chi connectivity index (χ1v) is 12.1. The van der Waals surface area contributed by atoms with Gasteiger partial charge in [-0.2, -0.15) is 4.31 Å². The van der Waals surface area contributed by atoms with Crippen molar-refractivity contribution in [3.8, 4) is 0 Å². The molecule has 1 aromatic carbocycles. The molecule has 2 aromatic rings. The zero-order valence-corrected chi connectivity index (χ0v) is 18.3. The zero-order chi connectivity index (χ0) is 22.0. The lowest BCUT2D eigenvalue weighted by atomic mass is 10.1. The smallest absolute Gasteiger partial charge is 0.287 e. The summed E-state index contributed by atoms with van der Waals surface area (Å²) in [6, 6.07) is 9.66. The number of piperidine rings is 1. The second kappa shape index (κ2) is 8.84. The molecule has 2 amide bonds. The molecule has 1 aliphatic heterocycles. The Morgan fingerprint density at radius 3 is 2.35 bits per heavy atom. The van der Waals surface area contributed by atoms with E-state index in [9.17, 15) is 18.0 Å². The third kappa shape index (κ3) is 4.99. The van der Waals surface area contributed by atoms with E-state index in [0.717, 1.165) is 43.4 Å². The molecular formula is C22H27N3O5S. The Hall–Kier alpha value is -2.65. The summed E-state index contributed by atoms with van der Waals surface area (Å²) in [5, 5.41) is 5.49. The Bertz CT molecular complexity index is 1050. The maximum Gasteiger partial charge on any atom is 0.287 e. The van der Waals surface area contributed by atoms with Gasteiger partial charge in [0.2, 0.25) is 11.0 Å². The average Bonchev–Trinajstić information content (AvgIpc) is 3.50. The molecule has 0 radical (unpaired) electrons. The molecule has 166 valence electrons. The number of hydrogen-bond acceptors (Lipinski definition) is 5. The van der Waals surface area contributed by atoms with Crippen LogP contribution in [0.15, 0.2) is 45.9 Å². The van der Waals surface area contributed by atoms with E-state index in [-0.39, 0.29) is 28.7 Å². The van der Waals surface area contributed by atoms with Gasteiger partial charge in [-0.25, -0.2) is 8.42 Å². The lowest BCUT2D eigenvalue weighted by Crippen LogP contribution is -2.35. The summed E-state index contributed by atoms with van der Waals surface area (Å²) < 4.78 is 32.2. The fourth-order valence-electron chi connectivity index (χ4n) is 3.61. The number of carbonyl (C=O) groups is 2. The fourth-order valence-corrected chi connectivity index (χ4v) is 5.04. The molecule has 1 atom stereocenters. The molecule has 0 spiro atoms. The Morgan fingerprint density at radius 2 is 1.71 bits per heavy atom. The molecule has 31 heavy (non-hydrogen) atoms. The van der Waals surface area contributed by atoms with E-state index in [0.29, 0.717) is 13.1 Å². The molecule has 9 heteroatoms. The van der Waals surface area contributed by atoms with Crippen molar-refractivity contribution >= 4 is 27.5 Å². The van der Waals surface area contributed by atoms with Crippen LogP contribution < -0.4 is 10.6 Å². The Kier molecular flexibility index (Phi) is 6.15. The van der Waals surface area contributed by atoms with Crippen LogP contribution >= 0.6 is 0 Å². The molecule has 2 N–H and O–H groups in total. The summed E-state index contributed by atoms with van der Waals surface area (Å²) in [4.78, 5) is 24.4. The third-order valence-corrected chi connectivity index (χ3v) is 7.46. The van der Waals surface area contributed by atoms with Gasteiger partial charge >= 0.3 is 0 Å². The van der Waals surface area contributed by atoms with Crippen molar-refractivity contribution in [1.29, 1.82) is 0 Å². The van der Waals surface area contributed by atoms with Crippen molar-refractivity contribution < 1.29 is 22.4 Å². The van der Waals surface area contributed by atoms with Crippen LogP contribution in [0, 0.1) is 5.92 Å². The standard InChI is InChI=1S/C22H27N3O5S/c1-15(16-7-9-18(10-8-16)24-21(26)17-5-6-17)23-22(27)19-11-12-20(30-19)31(28,29)25-13-3-2-4-14-25/h7-12,15,17H,2-6,13-14H2,1H3,(H,23,27)(H,24,26). The molecule has 1 aromatic heterocycles. The highest BCUT2D eigenvalue weighted by molar-refractivity contribution is 7.89. The maximum atomic E-state index is 12.7. The van der Waals surface area contributed by atoms with Gasteiger partial charge in [0.05, 0.1) is 6.04 Å². The SMILES string of the molecule is CC(NC(=O)c1ccc(S(=O)(=O)N2CCCCC2)o1)c1ccc(NC(=O)C2CC2)cc1. The van der Waals surface area contributed by atoms with Crippen LogP contribution in [0.25, 0.3) is 0 Å². The number of hydrogen-bond donors (Lipinski definition) is 2. The molecule has 1 saturated heterocycles. The molecule has 1 unspecified atom stereocenters. The lowest BCUT2D eigenvalue weighted by molar-refractivity contribution is -0.117. The van der Waals surface area contributed by atoms with E-state index >= 15 is 0 Å². The van der Waals surface area contributed by atoms with Gasteiger partial charge in [-0.15, -0.1) is 0 Å². The number of nitrogens with one attached hydrogen (secondary N) is 2. The van der Waals surface area contributed by atoms with Crippen LogP contribution in [0.2, 0.25) is 0 Å². The Labute approximate surface area is 182 Å². The van der Waals surface area contributed by atoms with Crippen LogP contribution in [0.4, 0.5) is 5.69 Å². The van der Waals surface area contributed by atoms with Crippen LogP contribution in [0.3, 0.4) is 0 Å². The minimum absolute atomic E-state index is 0.0437. The van der Waals surface area contributed by atoms with E-state index in [1.807, 2.05) is 19.1 Å². The highest BCUT2D eigenvalue weighted by Gasteiger charge is 2.30. The van der Waals surface area contributed by atoms with Crippen molar-refractivity contribution in [1.82, 2.24) is 9.62 Å². The molecule has 1 aliphatic carbocycles. The Balaban J connectivity index is 1.37. The van der Waals surface area contributed by atoms with E-state index in [1.54, 1.807) is 12.1 Å². The van der Waals surface area contributed by atoms with Gasteiger partial charge in [0.15, 0.2) is 5.76 Å². The number of carbonyl (C=O) groups excluding carboxylic acids is 2. The monoisotopic (exact) mass is 445 g/mol. The third-order valence-electron chi connectivity index (χ3n) is 5.69. The second-order valence-corrected chi connectivity index (χ2v) is 10.0. The van der Waals surface area contributed by atoms with Gasteiger partial charge in [0, 0.05) is 24.7 Å². The molecule has 0 bridgehead atoms. The van der Waals surface area contributed by atoms with Crippen molar-refractivity contribution in [3.05, 3.63) is 47.7 Å². The number of anilines is 1. The maximum absolute atomic E-state index is 12.7. The first-order valence-electron chi connectivity index (χ1n) is 10.7. The summed E-state index contributed by atoms with van der Waals surface area (Å²) in [5.74, 6) is -0.355. The van der Waals surface area contributed by atoms with Crippen molar-refractivity contribution in [3.63, 3.8) is 0 Å². The molecule has 8 nitrogen and oxygen atoms in total. The highest BCUT2D eigenvalue weighted by Crippen LogP contribution is 2.30. The number of amides is 2. The topological polar surface area (TPSA) is 109 Å². The van der Waals surface area contributed by atoms with E-state index in [1.165, 1.54) is 16.4 Å². The molecule has 2 aliphatic rings. The Morgan fingerprint density at radius 1 is 1.03 bits per heavy atom. The molecule has 2 heterocycles. The van der Waals surface area contributed by atoms with Crippen LogP contribution in [0.1, 0.15) is 61.2 Å². The number of rotatable bonds is 7. The molecule has 1 saturated carbocycles. The van der Waals surface area contributed by atoms with Crippen LogP contribution in [-0.4, -0.2) is 37.6 Å². The minimum atomic E-state index is -3.72. The number of nitrogens with zero attached hydrogens (tertiary/aromatic N) is 1. The first-order chi connectivity index (χ1) is 14.8. The quantitative estimate of drug-likeness (QED) is 0.680. The average molecular weight is 446 g/mol. The van der Waals surface area contributed by atoms with Crippen LogP contribution in [0.5, 0.6) is 0 Å². The minimum Gasteiger partial charge on any atom is -0.438 e. The second-order valence-electron chi connectivity index (χ2n) is 8.16. The zero-order valence-electron chi connectivity index (χ0n) is 17.5. The van der Waals surface area contributed by atoms with Gasteiger partial charge in [0.1, 0.15) is 0 Å². The van der Waals surface area contributed by atoms with E-state index in [4.69, 9.17) is 4.42 Å². The largest absolute Gasteiger partial charge is 0.438 e. The summed E-state index contributed by atoms with van der Waals surface area (Å²) in [6.07, 6.45) is 4.56. The molecule has 4 rings (SSSR count). The lowest BCUT2D eigenvalue weighted by Gasteiger charge is -2.24. The summed E-state index contributed by atoms with van der Waals surface area (Å²) in [7, 11) is -3.72. The summed E-state index contributed by atoms with van der Waals surface area (Å²) >= 11 is 0. The number of benzene rings is 1. The van der Waals surface area contributed by atoms with Crippen molar-refractivity contribution in [2.45, 2.75) is 50.2 Å². The first kappa shape index (κ1) is 21.6. The van der Waals surface area contributed by atoms with Gasteiger partial charge in [-0.1, -0.05) is 18.6 Å². The van der Waals surface area contributed by atoms with Crippen LogP contribution in [-0.2, 0) is 14.8 Å². The summed E-state index contributed by atoms with van der Waals surface area (Å²) in [5.41, 5.74) is 1.57. The molecule has 2 fully saturated rings.